The average Bonchev–Trinajstić information content (AvgIpc) is 3.06. The molecule has 0 bridgehead atoms. The molecule has 0 saturated heterocycles. The highest BCUT2D eigenvalue weighted by Gasteiger charge is 2.10. The van der Waals surface area contributed by atoms with E-state index in [-0.39, 0.29) is 18.9 Å². The van der Waals surface area contributed by atoms with Crippen molar-refractivity contribution in [3.63, 3.8) is 0 Å². The number of amides is 1. The minimum absolute atomic E-state index is 0.180. The molecule has 1 heterocycles. The average molecular weight is 329 g/mol. The third-order valence-electron chi connectivity index (χ3n) is 3.37. The van der Waals surface area contributed by atoms with Crippen molar-refractivity contribution >= 4 is 11.9 Å². The molecule has 0 atom stereocenters. The number of hydrogen-bond acceptors (Lipinski definition) is 4. The normalized spacial score (nSPS) is 10.6. The predicted octanol–water partition coefficient (Wildman–Crippen LogP) is 3.19. The van der Waals surface area contributed by atoms with Gasteiger partial charge in [-0.3, -0.25) is 9.59 Å². The molecule has 128 valence electrons. The monoisotopic (exact) mass is 329 g/mol. The van der Waals surface area contributed by atoms with Crippen molar-refractivity contribution in [2.75, 3.05) is 13.2 Å². The lowest BCUT2D eigenvalue weighted by Gasteiger charge is -2.08. The van der Waals surface area contributed by atoms with Crippen LogP contribution in [0.25, 0.3) is 11.3 Å². The van der Waals surface area contributed by atoms with Crippen LogP contribution in [-0.4, -0.2) is 25.0 Å². The Bertz CT molecular complexity index is 661. The molecule has 0 unspecified atom stereocenters. The second-order valence-electron chi connectivity index (χ2n) is 5.99. The molecule has 0 aliphatic heterocycles. The van der Waals surface area contributed by atoms with Crippen molar-refractivity contribution in [1.82, 2.24) is 5.32 Å². The number of nitrogens with one attached hydrogen (secondary N) is 1. The van der Waals surface area contributed by atoms with Crippen LogP contribution in [0.3, 0.4) is 0 Å². The Balaban J connectivity index is 1.72. The summed E-state index contributed by atoms with van der Waals surface area (Å²) >= 11 is 0. The maximum absolute atomic E-state index is 11.7. The molecule has 24 heavy (non-hydrogen) atoms. The zero-order valence-electron chi connectivity index (χ0n) is 14.1. The Kier molecular flexibility index (Phi) is 6.61. The number of carbonyl (C=O) groups excluding carboxylic acids is 2. The standard InChI is InChI=1S/C19H23NO4/c1-14(2)12-20-18(21)13-23-19(22)11-9-16-8-10-17(24-16)15-6-4-3-5-7-15/h3-8,10,14H,9,11-13H2,1-2H3,(H,20,21). The number of benzene rings is 1. The Morgan fingerprint density at radius 2 is 1.88 bits per heavy atom. The molecule has 0 saturated carbocycles. The largest absolute Gasteiger partial charge is 0.461 e. The van der Waals surface area contributed by atoms with E-state index in [0.717, 1.165) is 17.1 Å². The summed E-state index contributed by atoms with van der Waals surface area (Å²) in [6, 6.07) is 13.5. The molecule has 1 N–H and O–H groups in total. The summed E-state index contributed by atoms with van der Waals surface area (Å²) in [5.74, 6) is 1.17. The number of rotatable bonds is 8. The van der Waals surface area contributed by atoms with Gasteiger partial charge in [0.05, 0.1) is 6.42 Å². The van der Waals surface area contributed by atoms with E-state index < -0.39 is 5.97 Å². The SMILES string of the molecule is CC(C)CNC(=O)COC(=O)CCc1ccc(-c2ccccc2)o1. The van der Waals surface area contributed by atoms with Crippen LogP contribution in [-0.2, 0) is 20.7 Å². The van der Waals surface area contributed by atoms with Crippen molar-refractivity contribution in [3.05, 3.63) is 48.2 Å². The van der Waals surface area contributed by atoms with Gasteiger partial charge in [0.15, 0.2) is 6.61 Å². The Hall–Kier alpha value is -2.56. The second-order valence-corrected chi connectivity index (χ2v) is 5.99. The fourth-order valence-electron chi connectivity index (χ4n) is 2.08. The summed E-state index contributed by atoms with van der Waals surface area (Å²) in [5, 5.41) is 2.70. The van der Waals surface area contributed by atoms with Gasteiger partial charge < -0.3 is 14.5 Å². The quantitative estimate of drug-likeness (QED) is 0.755. The van der Waals surface area contributed by atoms with Crippen LogP contribution >= 0.6 is 0 Å². The number of hydrogen-bond donors (Lipinski definition) is 1. The summed E-state index contributed by atoms with van der Waals surface area (Å²) in [7, 11) is 0. The number of esters is 1. The summed E-state index contributed by atoms with van der Waals surface area (Å²) < 4.78 is 10.7. The van der Waals surface area contributed by atoms with Crippen LogP contribution in [0.1, 0.15) is 26.0 Å². The highest BCUT2D eigenvalue weighted by Crippen LogP contribution is 2.22. The maximum Gasteiger partial charge on any atom is 0.306 e. The topological polar surface area (TPSA) is 68.5 Å². The summed E-state index contributed by atoms with van der Waals surface area (Å²) in [6.45, 7) is 4.34. The van der Waals surface area contributed by atoms with Gasteiger partial charge in [0.2, 0.25) is 0 Å². The Morgan fingerprint density at radius 1 is 1.12 bits per heavy atom. The van der Waals surface area contributed by atoms with Crippen LogP contribution in [0.2, 0.25) is 0 Å². The third-order valence-corrected chi connectivity index (χ3v) is 3.37. The molecule has 0 aliphatic carbocycles. The molecule has 0 aliphatic rings. The van der Waals surface area contributed by atoms with Gasteiger partial charge in [-0.25, -0.2) is 0 Å². The summed E-state index contributed by atoms with van der Waals surface area (Å²) in [4.78, 5) is 23.2. The minimum atomic E-state index is -0.410. The van der Waals surface area contributed by atoms with E-state index in [9.17, 15) is 9.59 Å². The number of aryl methyl sites for hydroxylation is 1. The van der Waals surface area contributed by atoms with E-state index in [4.69, 9.17) is 9.15 Å². The van der Waals surface area contributed by atoms with E-state index >= 15 is 0 Å². The molecule has 2 aromatic rings. The molecular formula is C19H23NO4. The van der Waals surface area contributed by atoms with Gasteiger partial charge in [0.1, 0.15) is 11.5 Å². The molecule has 0 radical (unpaired) electrons. The molecule has 2 rings (SSSR count). The molecular weight excluding hydrogens is 306 g/mol. The first-order valence-electron chi connectivity index (χ1n) is 8.11. The van der Waals surface area contributed by atoms with E-state index in [2.05, 4.69) is 5.32 Å². The first-order valence-corrected chi connectivity index (χ1v) is 8.11. The van der Waals surface area contributed by atoms with Crippen LogP contribution in [0.15, 0.2) is 46.9 Å². The number of ether oxygens (including phenoxy) is 1. The lowest BCUT2D eigenvalue weighted by atomic mass is 10.2. The van der Waals surface area contributed by atoms with E-state index in [1.54, 1.807) is 0 Å². The van der Waals surface area contributed by atoms with Gasteiger partial charge in [0, 0.05) is 18.5 Å². The predicted molar refractivity (Wildman–Crippen MR) is 91.3 cm³/mol. The van der Waals surface area contributed by atoms with Gasteiger partial charge >= 0.3 is 5.97 Å². The van der Waals surface area contributed by atoms with E-state index in [0.29, 0.717) is 18.9 Å². The minimum Gasteiger partial charge on any atom is -0.461 e. The highest BCUT2D eigenvalue weighted by molar-refractivity contribution is 5.80. The molecule has 5 nitrogen and oxygen atoms in total. The van der Waals surface area contributed by atoms with E-state index in [1.807, 2.05) is 56.3 Å². The molecule has 0 spiro atoms. The molecule has 1 aromatic heterocycles. The third kappa shape index (κ3) is 5.91. The van der Waals surface area contributed by atoms with Crippen molar-refractivity contribution < 1.29 is 18.7 Å². The molecule has 5 heteroatoms. The lowest BCUT2D eigenvalue weighted by molar-refractivity contribution is -0.148. The molecule has 0 fully saturated rings. The van der Waals surface area contributed by atoms with Gasteiger partial charge in [0.25, 0.3) is 5.91 Å². The van der Waals surface area contributed by atoms with Crippen molar-refractivity contribution in [1.29, 1.82) is 0 Å². The first-order chi connectivity index (χ1) is 11.5. The van der Waals surface area contributed by atoms with Crippen molar-refractivity contribution in [2.24, 2.45) is 5.92 Å². The fraction of sp³-hybridized carbons (Fsp3) is 0.368. The number of carbonyl (C=O) groups is 2. The first kappa shape index (κ1) is 17.8. The van der Waals surface area contributed by atoms with Gasteiger partial charge in [-0.1, -0.05) is 44.2 Å². The van der Waals surface area contributed by atoms with Crippen LogP contribution in [0, 0.1) is 5.92 Å². The zero-order chi connectivity index (χ0) is 17.4. The van der Waals surface area contributed by atoms with Crippen molar-refractivity contribution in [3.8, 4) is 11.3 Å². The Labute approximate surface area is 142 Å². The van der Waals surface area contributed by atoms with Crippen LogP contribution in [0.5, 0.6) is 0 Å². The Morgan fingerprint density at radius 3 is 2.58 bits per heavy atom. The summed E-state index contributed by atoms with van der Waals surface area (Å²) in [6.07, 6.45) is 0.623. The molecule has 1 amide bonds. The van der Waals surface area contributed by atoms with Crippen LogP contribution in [0.4, 0.5) is 0 Å². The smallest absolute Gasteiger partial charge is 0.306 e. The van der Waals surface area contributed by atoms with Crippen molar-refractivity contribution in [2.45, 2.75) is 26.7 Å². The van der Waals surface area contributed by atoms with Gasteiger partial charge in [-0.2, -0.15) is 0 Å². The zero-order valence-corrected chi connectivity index (χ0v) is 14.1. The second kappa shape index (κ2) is 8.91. The van der Waals surface area contributed by atoms with Crippen LogP contribution < -0.4 is 5.32 Å². The maximum atomic E-state index is 11.7. The van der Waals surface area contributed by atoms with E-state index in [1.165, 1.54) is 0 Å². The van der Waals surface area contributed by atoms with Gasteiger partial charge in [-0.15, -0.1) is 0 Å². The summed E-state index contributed by atoms with van der Waals surface area (Å²) in [5.41, 5.74) is 0.994. The van der Waals surface area contributed by atoms with Gasteiger partial charge in [-0.05, 0) is 18.1 Å². The fourth-order valence-corrected chi connectivity index (χ4v) is 2.08. The number of furan rings is 1. The lowest BCUT2D eigenvalue weighted by Crippen LogP contribution is -2.31. The molecule has 1 aromatic carbocycles. The highest BCUT2D eigenvalue weighted by atomic mass is 16.5.